The van der Waals surface area contributed by atoms with E-state index < -0.39 is 6.10 Å². The molecular formula is C24H37ClN2O2. The van der Waals surface area contributed by atoms with Crippen LogP contribution in [0.3, 0.4) is 0 Å². The first-order valence-electron chi connectivity index (χ1n) is 11.2. The van der Waals surface area contributed by atoms with E-state index in [4.69, 9.17) is 16.3 Å². The molecule has 1 N–H and O–H groups in total. The smallest absolute Gasteiger partial charge is 0.0900 e. The maximum atomic E-state index is 10.6. The van der Waals surface area contributed by atoms with E-state index in [1.54, 1.807) is 0 Å². The van der Waals surface area contributed by atoms with Crippen molar-refractivity contribution < 1.29 is 9.84 Å². The van der Waals surface area contributed by atoms with Crippen molar-refractivity contribution in [2.24, 2.45) is 16.7 Å². The molecule has 0 aromatic heterocycles. The van der Waals surface area contributed by atoms with Crippen LogP contribution in [0, 0.1) is 16.7 Å². The fourth-order valence-corrected chi connectivity index (χ4v) is 6.33. The molecule has 2 saturated carbocycles. The molecule has 2 bridgehead atoms. The van der Waals surface area contributed by atoms with Crippen LogP contribution in [0.5, 0.6) is 0 Å². The Hall–Kier alpha value is -0.650. The van der Waals surface area contributed by atoms with E-state index in [2.05, 4.69) is 42.7 Å². The number of hydrogen-bond acceptors (Lipinski definition) is 4. The van der Waals surface area contributed by atoms with Gasteiger partial charge < -0.3 is 9.84 Å². The number of ether oxygens (including phenoxy) is 1. The number of aliphatic hydroxyl groups excluding tert-OH is 1. The summed E-state index contributed by atoms with van der Waals surface area (Å²) in [5, 5.41) is 11.4. The van der Waals surface area contributed by atoms with Gasteiger partial charge in [0.1, 0.15) is 0 Å². The predicted octanol–water partition coefficient (Wildman–Crippen LogP) is 4.05. The van der Waals surface area contributed by atoms with Gasteiger partial charge >= 0.3 is 0 Å². The summed E-state index contributed by atoms with van der Waals surface area (Å²) in [6.07, 6.45) is 3.77. The molecule has 0 radical (unpaired) electrons. The van der Waals surface area contributed by atoms with E-state index in [0.29, 0.717) is 18.6 Å². The summed E-state index contributed by atoms with van der Waals surface area (Å²) in [7, 11) is 0. The molecule has 1 aromatic carbocycles. The van der Waals surface area contributed by atoms with E-state index in [1.165, 1.54) is 24.8 Å². The van der Waals surface area contributed by atoms with E-state index in [0.717, 1.165) is 43.7 Å². The third kappa shape index (κ3) is 4.67. The molecule has 1 aliphatic heterocycles. The lowest BCUT2D eigenvalue weighted by Gasteiger charge is -2.43. The Labute approximate surface area is 181 Å². The molecule has 1 aromatic rings. The second-order valence-electron chi connectivity index (χ2n) is 10.5. The summed E-state index contributed by atoms with van der Waals surface area (Å²) in [4.78, 5) is 4.85. The van der Waals surface area contributed by atoms with Crippen LogP contribution in [0.25, 0.3) is 0 Å². The molecule has 29 heavy (non-hydrogen) atoms. The largest absolute Gasteiger partial charge is 0.389 e. The maximum absolute atomic E-state index is 10.6. The van der Waals surface area contributed by atoms with Crippen molar-refractivity contribution in [1.82, 2.24) is 9.80 Å². The fourth-order valence-electron chi connectivity index (χ4n) is 6.21. The Balaban J connectivity index is 1.19. The van der Waals surface area contributed by atoms with Crippen LogP contribution in [0.2, 0.25) is 5.02 Å². The molecule has 4 atom stereocenters. The van der Waals surface area contributed by atoms with Gasteiger partial charge in [0, 0.05) is 44.3 Å². The summed E-state index contributed by atoms with van der Waals surface area (Å²) in [6, 6.07) is 8.13. The Kier molecular flexibility index (Phi) is 6.30. The van der Waals surface area contributed by atoms with E-state index >= 15 is 0 Å². The highest BCUT2D eigenvalue weighted by Crippen LogP contribution is 2.63. The van der Waals surface area contributed by atoms with Gasteiger partial charge in [0.2, 0.25) is 0 Å². The van der Waals surface area contributed by atoms with Crippen LogP contribution in [0.4, 0.5) is 0 Å². The zero-order chi connectivity index (χ0) is 20.6. The standard InChI is InChI=1S/C24H37ClN2O2/c1-23(2)19-8-9-24(3,14-19)22(23)29-17-21(28)16-27-12-10-26(11-13-27)15-18-4-6-20(25)7-5-18/h4-7,19,21-22,28H,8-17H2,1-3H3. The van der Waals surface area contributed by atoms with Crippen molar-refractivity contribution in [2.75, 3.05) is 39.3 Å². The second kappa shape index (κ2) is 8.47. The first-order valence-corrected chi connectivity index (χ1v) is 11.6. The van der Waals surface area contributed by atoms with Crippen LogP contribution in [0.15, 0.2) is 24.3 Å². The number of aliphatic hydroxyl groups is 1. The lowest BCUT2D eigenvalue weighted by atomic mass is 9.70. The molecule has 4 rings (SSSR count). The molecule has 0 amide bonds. The number of hydrogen-bond donors (Lipinski definition) is 1. The minimum atomic E-state index is -0.406. The molecule has 4 unspecified atom stereocenters. The Morgan fingerprint density at radius 3 is 2.38 bits per heavy atom. The molecule has 0 spiro atoms. The lowest BCUT2D eigenvalue weighted by Crippen LogP contribution is -2.49. The van der Waals surface area contributed by atoms with Crippen molar-refractivity contribution in [2.45, 2.75) is 58.8 Å². The van der Waals surface area contributed by atoms with Crippen molar-refractivity contribution in [1.29, 1.82) is 0 Å². The normalized spacial score (nSPS) is 33.3. The number of halogens is 1. The van der Waals surface area contributed by atoms with Gasteiger partial charge in [-0.25, -0.2) is 0 Å². The highest BCUT2D eigenvalue weighted by Gasteiger charge is 2.60. The summed E-state index contributed by atoms with van der Waals surface area (Å²) in [5.74, 6) is 0.781. The molecule has 1 heterocycles. The fraction of sp³-hybridized carbons (Fsp3) is 0.750. The van der Waals surface area contributed by atoms with Crippen LogP contribution in [0.1, 0.15) is 45.6 Å². The predicted molar refractivity (Wildman–Crippen MR) is 118 cm³/mol. The summed E-state index contributed by atoms with van der Waals surface area (Å²) >= 11 is 5.98. The molecule has 3 fully saturated rings. The lowest BCUT2D eigenvalue weighted by molar-refractivity contribution is -0.114. The minimum absolute atomic E-state index is 0.236. The van der Waals surface area contributed by atoms with Gasteiger partial charge in [0.25, 0.3) is 0 Å². The zero-order valence-corrected chi connectivity index (χ0v) is 19.0. The third-order valence-electron chi connectivity index (χ3n) is 7.85. The van der Waals surface area contributed by atoms with Crippen LogP contribution in [-0.4, -0.2) is 66.4 Å². The Morgan fingerprint density at radius 1 is 1.10 bits per heavy atom. The van der Waals surface area contributed by atoms with Crippen LogP contribution in [-0.2, 0) is 11.3 Å². The summed E-state index contributed by atoms with van der Waals surface area (Å²) in [5.41, 5.74) is 1.85. The topological polar surface area (TPSA) is 35.9 Å². The third-order valence-corrected chi connectivity index (χ3v) is 8.10. The maximum Gasteiger partial charge on any atom is 0.0900 e. The number of benzene rings is 1. The first kappa shape index (κ1) is 21.6. The van der Waals surface area contributed by atoms with Gasteiger partial charge in [-0.1, -0.05) is 44.5 Å². The molecule has 4 nitrogen and oxygen atoms in total. The average molecular weight is 421 g/mol. The molecule has 5 heteroatoms. The van der Waals surface area contributed by atoms with Gasteiger partial charge in [-0.15, -0.1) is 0 Å². The van der Waals surface area contributed by atoms with Crippen LogP contribution >= 0.6 is 11.6 Å². The molecule has 162 valence electrons. The Bertz CT molecular complexity index is 682. The zero-order valence-electron chi connectivity index (χ0n) is 18.2. The summed E-state index contributed by atoms with van der Waals surface area (Å²) < 4.78 is 6.37. The van der Waals surface area contributed by atoms with Crippen molar-refractivity contribution in [3.8, 4) is 0 Å². The Morgan fingerprint density at radius 2 is 1.76 bits per heavy atom. The van der Waals surface area contributed by atoms with E-state index in [1.807, 2.05) is 12.1 Å². The van der Waals surface area contributed by atoms with Crippen molar-refractivity contribution in [3.63, 3.8) is 0 Å². The quantitative estimate of drug-likeness (QED) is 0.721. The van der Waals surface area contributed by atoms with Crippen molar-refractivity contribution >= 4 is 11.6 Å². The first-order chi connectivity index (χ1) is 13.8. The highest BCUT2D eigenvalue weighted by molar-refractivity contribution is 6.30. The average Bonchev–Trinajstić information content (AvgIpc) is 3.16. The molecular weight excluding hydrogens is 384 g/mol. The number of piperazine rings is 1. The second-order valence-corrected chi connectivity index (χ2v) is 10.9. The van der Waals surface area contributed by atoms with Gasteiger partial charge in [0.05, 0.1) is 18.8 Å². The van der Waals surface area contributed by atoms with Gasteiger partial charge in [0.15, 0.2) is 0 Å². The molecule has 3 aliphatic rings. The number of fused-ring (bicyclic) bond motifs is 2. The van der Waals surface area contributed by atoms with E-state index in [-0.39, 0.29) is 11.5 Å². The van der Waals surface area contributed by atoms with E-state index in [9.17, 15) is 5.11 Å². The monoisotopic (exact) mass is 420 g/mol. The number of β-amino-alcohol motifs (C(OH)–C–C–N with tert-alkyl or cyclic N) is 1. The van der Waals surface area contributed by atoms with Gasteiger partial charge in [-0.05, 0) is 53.7 Å². The SMILES string of the molecule is CC12CCC(C1)C(C)(C)C2OCC(O)CN1CCN(Cc2ccc(Cl)cc2)CC1. The highest BCUT2D eigenvalue weighted by atomic mass is 35.5. The van der Waals surface area contributed by atoms with Gasteiger partial charge in [-0.2, -0.15) is 0 Å². The van der Waals surface area contributed by atoms with Gasteiger partial charge in [-0.3, -0.25) is 9.80 Å². The minimum Gasteiger partial charge on any atom is -0.389 e. The van der Waals surface area contributed by atoms with Crippen LogP contribution < -0.4 is 0 Å². The van der Waals surface area contributed by atoms with Crippen molar-refractivity contribution in [3.05, 3.63) is 34.9 Å². The molecule has 2 aliphatic carbocycles. The molecule has 1 saturated heterocycles. The number of nitrogens with zero attached hydrogens (tertiary/aromatic N) is 2. The number of rotatable bonds is 7. The summed E-state index contributed by atoms with van der Waals surface area (Å²) in [6.45, 7) is 13.3.